The number of nitrogens with two attached hydrogens (primary N) is 1. The standard InChI is InChI=1S/C17H19NO6S/c1-2-9-25(21,22)11-13-3-4-14(12-5-7-23-10-12)16(24-8-6-18)15(13)17(19)20/h2-5,7,10H,1,6,8-9,11,18H2,(H,19,20). The number of hydrogen-bond acceptors (Lipinski definition) is 6. The lowest BCUT2D eigenvalue weighted by Crippen LogP contribution is -2.16. The fourth-order valence-electron chi connectivity index (χ4n) is 2.41. The van der Waals surface area contributed by atoms with Crippen molar-refractivity contribution in [3.05, 3.63) is 54.5 Å². The van der Waals surface area contributed by atoms with Crippen LogP contribution in [-0.4, -0.2) is 38.4 Å². The van der Waals surface area contributed by atoms with E-state index in [4.69, 9.17) is 14.9 Å². The minimum Gasteiger partial charge on any atom is -0.491 e. The van der Waals surface area contributed by atoms with Crippen molar-refractivity contribution >= 4 is 15.8 Å². The molecule has 7 nitrogen and oxygen atoms in total. The zero-order chi connectivity index (χ0) is 18.4. The van der Waals surface area contributed by atoms with Gasteiger partial charge in [0, 0.05) is 17.7 Å². The van der Waals surface area contributed by atoms with Crippen molar-refractivity contribution in [3.8, 4) is 16.9 Å². The maximum absolute atomic E-state index is 12.1. The van der Waals surface area contributed by atoms with Gasteiger partial charge in [0.1, 0.15) is 17.9 Å². The maximum Gasteiger partial charge on any atom is 0.339 e. The van der Waals surface area contributed by atoms with Gasteiger partial charge in [0.15, 0.2) is 9.84 Å². The molecule has 1 aromatic heterocycles. The van der Waals surface area contributed by atoms with Gasteiger partial charge >= 0.3 is 5.97 Å². The fraction of sp³-hybridized carbons (Fsp3) is 0.235. The molecule has 1 heterocycles. The highest BCUT2D eigenvalue weighted by atomic mass is 32.2. The van der Waals surface area contributed by atoms with Crippen molar-refractivity contribution in [1.29, 1.82) is 0 Å². The second-order valence-electron chi connectivity index (χ2n) is 5.27. The Morgan fingerprint density at radius 2 is 2.12 bits per heavy atom. The lowest BCUT2D eigenvalue weighted by molar-refractivity contribution is 0.0691. The summed E-state index contributed by atoms with van der Waals surface area (Å²) in [6.45, 7) is 3.68. The maximum atomic E-state index is 12.1. The minimum absolute atomic E-state index is 0.0747. The molecule has 0 unspecified atom stereocenters. The van der Waals surface area contributed by atoms with E-state index in [-0.39, 0.29) is 35.8 Å². The number of hydrogen-bond donors (Lipinski definition) is 2. The Kier molecular flexibility index (Phi) is 6.00. The van der Waals surface area contributed by atoms with Crippen LogP contribution in [0.1, 0.15) is 15.9 Å². The third-order valence-electron chi connectivity index (χ3n) is 3.40. The third-order valence-corrected chi connectivity index (χ3v) is 4.90. The topological polar surface area (TPSA) is 120 Å². The molecule has 134 valence electrons. The number of aromatic carboxylic acids is 1. The number of carbonyl (C=O) groups is 1. The molecule has 2 aromatic rings. The third kappa shape index (κ3) is 4.49. The van der Waals surface area contributed by atoms with E-state index in [9.17, 15) is 18.3 Å². The molecule has 2 rings (SSSR count). The first kappa shape index (κ1) is 18.8. The van der Waals surface area contributed by atoms with Gasteiger partial charge in [-0.3, -0.25) is 0 Å². The summed E-state index contributed by atoms with van der Waals surface area (Å²) < 4.78 is 34.7. The highest BCUT2D eigenvalue weighted by molar-refractivity contribution is 7.90. The van der Waals surface area contributed by atoms with E-state index in [1.807, 2.05) is 0 Å². The van der Waals surface area contributed by atoms with Crippen LogP contribution in [0.5, 0.6) is 5.75 Å². The van der Waals surface area contributed by atoms with Crippen LogP contribution in [-0.2, 0) is 15.6 Å². The molecule has 0 fully saturated rings. The van der Waals surface area contributed by atoms with E-state index >= 15 is 0 Å². The van der Waals surface area contributed by atoms with Gasteiger partial charge in [-0.05, 0) is 11.6 Å². The van der Waals surface area contributed by atoms with Gasteiger partial charge in [0.25, 0.3) is 0 Å². The Hall–Kier alpha value is -2.58. The lowest BCUT2D eigenvalue weighted by Gasteiger charge is -2.16. The number of rotatable bonds is 9. The van der Waals surface area contributed by atoms with Gasteiger partial charge in [-0.1, -0.05) is 18.2 Å². The smallest absolute Gasteiger partial charge is 0.339 e. The Morgan fingerprint density at radius 1 is 1.36 bits per heavy atom. The number of ether oxygens (including phenoxy) is 1. The molecule has 25 heavy (non-hydrogen) atoms. The molecule has 0 atom stereocenters. The fourth-order valence-corrected chi connectivity index (χ4v) is 3.60. The monoisotopic (exact) mass is 365 g/mol. The SMILES string of the molecule is C=CCS(=O)(=O)Cc1ccc(-c2ccoc2)c(OCCN)c1C(=O)O. The van der Waals surface area contributed by atoms with E-state index in [1.54, 1.807) is 12.1 Å². The highest BCUT2D eigenvalue weighted by Gasteiger charge is 2.24. The van der Waals surface area contributed by atoms with E-state index in [2.05, 4.69) is 6.58 Å². The van der Waals surface area contributed by atoms with Gasteiger partial charge in [0.05, 0.1) is 24.0 Å². The second kappa shape index (κ2) is 8.00. The summed E-state index contributed by atoms with van der Waals surface area (Å²) in [6, 6.07) is 4.74. The summed E-state index contributed by atoms with van der Waals surface area (Å²) in [5, 5.41) is 9.64. The van der Waals surface area contributed by atoms with Crippen molar-refractivity contribution < 1.29 is 27.5 Å². The highest BCUT2D eigenvalue weighted by Crippen LogP contribution is 2.36. The molecule has 0 amide bonds. The number of sulfone groups is 1. The van der Waals surface area contributed by atoms with Crippen molar-refractivity contribution in [3.63, 3.8) is 0 Å². The van der Waals surface area contributed by atoms with Crippen LogP contribution in [0.15, 0.2) is 47.8 Å². The minimum atomic E-state index is -3.52. The Labute approximate surface area is 145 Å². The number of furan rings is 1. The summed E-state index contributed by atoms with van der Waals surface area (Å²) in [5.41, 5.74) is 6.52. The largest absolute Gasteiger partial charge is 0.491 e. The molecule has 0 bridgehead atoms. The number of benzene rings is 1. The van der Waals surface area contributed by atoms with Gasteiger partial charge in [-0.2, -0.15) is 0 Å². The van der Waals surface area contributed by atoms with Crippen molar-refractivity contribution in [2.45, 2.75) is 5.75 Å². The first-order chi connectivity index (χ1) is 11.9. The Bertz CT molecular complexity index is 856. The Balaban J connectivity index is 2.62. The molecule has 8 heteroatoms. The second-order valence-corrected chi connectivity index (χ2v) is 7.38. The van der Waals surface area contributed by atoms with E-state index in [0.717, 1.165) is 0 Å². The summed E-state index contributed by atoms with van der Waals surface area (Å²) in [6.07, 6.45) is 4.16. The van der Waals surface area contributed by atoms with Gasteiger partial charge in [0.2, 0.25) is 0 Å². The van der Waals surface area contributed by atoms with Crippen LogP contribution in [0, 0.1) is 0 Å². The summed E-state index contributed by atoms with van der Waals surface area (Å²) in [7, 11) is -3.52. The average molecular weight is 365 g/mol. The normalized spacial score (nSPS) is 11.2. The number of carboxylic acid groups (broad SMARTS) is 1. The molecule has 0 saturated carbocycles. The number of carboxylic acids is 1. The summed E-state index contributed by atoms with van der Waals surface area (Å²) in [4.78, 5) is 11.8. The van der Waals surface area contributed by atoms with Crippen LogP contribution < -0.4 is 10.5 Å². The predicted octanol–water partition coefficient (Wildman–Crippen LogP) is 2.08. The van der Waals surface area contributed by atoms with Gasteiger partial charge in [-0.25, -0.2) is 13.2 Å². The van der Waals surface area contributed by atoms with Gasteiger partial charge < -0.3 is 20.0 Å². The van der Waals surface area contributed by atoms with E-state index < -0.39 is 21.6 Å². The average Bonchev–Trinajstić information content (AvgIpc) is 3.06. The first-order valence-corrected chi connectivity index (χ1v) is 9.27. The van der Waals surface area contributed by atoms with E-state index in [1.165, 1.54) is 24.7 Å². The summed E-state index contributed by atoms with van der Waals surface area (Å²) in [5.74, 6) is -1.87. The summed E-state index contributed by atoms with van der Waals surface area (Å²) >= 11 is 0. The van der Waals surface area contributed by atoms with Crippen LogP contribution in [0.2, 0.25) is 0 Å². The van der Waals surface area contributed by atoms with Crippen molar-refractivity contribution in [2.24, 2.45) is 5.73 Å². The molecule has 1 aromatic carbocycles. The first-order valence-electron chi connectivity index (χ1n) is 7.45. The molecule has 0 aliphatic carbocycles. The molecular weight excluding hydrogens is 346 g/mol. The van der Waals surface area contributed by atoms with Crippen LogP contribution in [0.25, 0.3) is 11.1 Å². The molecule has 0 spiro atoms. The molecule has 0 radical (unpaired) electrons. The quantitative estimate of drug-likeness (QED) is 0.653. The van der Waals surface area contributed by atoms with E-state index in [0.29, 0.717) is 11.1 Å². The van der Waals surface area contributed by atoms with Crippen LogP contribution in [0.4, 0.5) is 0 Å². The lowest BCUT2D eigenvalue weighted by atomic mass is 9.99. The molecule has 0 aliphatic heterocycles. The van der Waals surface area contributed by atoms with Crippen molar-refractivity contribution in [1.82, 2.24) is 0 Å². The van der Waals surface area contributed by atoms with Crippen LogP contribution >= 0.6 is 0 Å². The van der Waals surface area contributed by atoms with Crippen molar-refractivity contribution in [2.75, 3.05) is 18.9 Å². The Morgan fingerprint density at radius 3 is 2.68 bits per heavy atom. The van der Waals surface area contributed by atoms with Gasteiger partial charge in [-0.15, -0.1) is 6.58 Å². The molecule has 0 saturated heterocycles. The van der Waals surface area contributed by atoms with Crippen LogP contribution in [0.3, 0.4) is 0 Å². The zero-order valence-electron chi connectivity index (χ0n) is 13.5. The zero-order valence-corrected chi connectivity index (χ0v) is 14.3. The molecule has 0 aliphatic rings. The molecular formula is C17H19NO6S. The molecule has 3 N–H and O–H groups in total. The predicted molar refractivity (Wildman–Crippen MR) is 93.3 cm³/mol.